The molecule has 1 N–H and O–H groups in total. The lowest BCUT2D eigenvalue weighted by Crippen LogP contribution is -2.41. The summed E-state index contributed by atoms with van der Waals surface area (Å²) < 4.78 is 39.1. The number of rotatable bonds is 4. The summed E-state index contributed by atoms with van der Waals surface area (Å²) in [4.78, 5) is 13.4. The van der Waals surface area contributed by atoms with E-state index in [1.807, 2.05) is 6.92 Å². The number of ether oxygens (including phenoxy) is 2. The van der Waals surface area contributed by atoms with Gasteiger partial charge in [0.15, 0.2) is 0 Å². The molecule has 0 radical (unpaired) electrons. The Balaban J connectivity index is 2.00. The molecule has 0 saturated heterocycles. The Bertz CT molecular complexity index is 993. The van der Waals surface area contributed by atoms with E-state index >= 15 is 0 Å². The quantitative estimate of drug-likeness (QED) is 0.836. The first-order valence-corrected chi connectivity index (χ1v) is 10.0. The van der Waals surface area contributed by atoms with Gasteiger partial charge in [0.05, 0.1) is 29.9 Å². The van der Waals surface area contributed by atoms with Crippen molar-refractivity contribution in [3.05, 3.63) is 41.4 Å². The summed E-state index contributed by atoms with van der Waals surface area (Å²) in [6.07, 6.45) is -0.183. The van der Waals surface area contributed by atoms with Gasteiger partial charge < -0.3 is 14.4 Å². The average molecular weight is 411 g/mol. The van der Waals surface area contributed by atoms with Crippen molar-refractivity contribution in [3.8, 4) is 11.5 Å². The molecule has 1 aliphatic heterocycles. The number of fused-ring (bicyclic) bond motifs is 1. The zero-order valence-electron chi connectivity index (χ0n) is 15.0. The van der Waals surface area contributed by atoms with E-state index in [-0.39, 0.29) is 22.6 Å². The molecule has 7 nitrogen and oxygen atoms in total. The lowest BCUT2D eigenvalue weighted by atomic mass is 10.2. The number of carbonyl (C=O) groups is 1. The van der Waals surface area contributed by atoms with E-state index in [0.717, 1.165) is 0 Å². The van der Waals surface area contributed by atoms with Crippen LogP contribution in [0.3, 0.4) is 0 Å². The normalized spacial score (nSPS) is 16.3. The fraction of sp³-hybridized carbons (Fsp3) is 0.278. The fourth-order valence-electron chi connectivity index (χ4n) is 2.85. The van der Waals surface area contributed by atoms with Crippen LogP contribution >= 0.6 is 11.6 Å². The molecule has 0 saturated carbocycles. The van der Waals surface area contributed by atoms with Crippen LogP contribution in [0.15, 0.2) is 41.3 Å². The molecule has 1 atom stereocenters. The SMILES string of the molecule is COc1ccc(Cl)cc1NS(=O)(=O)c1ccc2c(c1)N(C(C)=O)CC(C)O2. The van der Waals surface area contributed by atoms with Crippen LogP contribution < -0.4 is 19.1 Å². The summed E-state index contributed by atoms with van der Waals surface area (Å²) in [5, 5.41) is 0.365. The molecule has 2 aromatic rings. The summed E-state index contributed by atoms with van der Waals surface area (Å²) in [7, 11) is -2.51. The first kappa shape index (κ1) is 19.3. The Morgan fingerprint density at radius 1 is 1.30 bits per heavy atom. The van der Waals surface area contributed by atoms with Crippen LogP contribution in [0.2, 0.25) is 5.02 Å². The van der Waals surface area contributed by atoms with Crippen molar-refractivity contribution < 1.29 is 22.7 Å². The lowest BCUT2D eigenvalue weighted by Gasteiger charge is -2.33. The molecule has 1 unspecified atom stereocenters. The van der Waals surface area contributed by atoms with Crippen LogP contribution in [0.1, 0.15) is 13.8 Å². The van der Waals surface area contributed by atoms with Crippen LogP contribution in [0.25, 0.3) is 0 Å². The highest BCUT2D eigenvalue weighted by Gasteiger charge is 2.28. The van der Waals surface area contributed by atoms with Gasteiger partial charge in [-0.2, -0.15) is 0 Å². The molecule has 1 aliphatic rings. The Morgan fingerprint density at radius 2 is 2.04 bits per heavy atom. The van der Waals surface area contributed by atoms with E-state index in [1.54, 1.807) is 18.2 Å². The smallest absolute Gasteiger partial charge is 0.262 e. The maximum absolute atomic E-state index is 12.9. The minimum absolute atomic E-state index is 0.00678. The number of hydrogen-bond donors (Lipinski definition) is 1. The summed E-state index contributed by atoms with van der Waals surface area (Å²) in [6, 6.07) is 9.02. The molecule has 3 rings (SSSR count). The Labute approximate surface area is 162 Å². The third kappa shape index (κ3) is 3.96. The fourth-order valence-corrected chi connectivity index (χ4v) is 4.10. The molecule has 0 aliphatic carbocycles. The number of nitrogens with one attached hydrogen (secondary N) is 1. The van der Waals surface area contributed by atoms with Crippen molar-refractivity contribution >= 4 is 38.9 Å². The van der Waals surface area contributed by atoms with E-state index in [2.05, 4.69) is 4.72 Å². The Hall–Kier alpha value is -2.45. The number of amides is 1. The van der Waals surface area contributed by atoms with E-state index in [9.17, 15) is 13.2 Å². The molecule has 27 heavy (non-hydrogen) atoms. The number of methoxy groups -OCH3 is 1. The molecule has 0 aromatic heterocycles. The van der Waals surface area contributed by atoms with Crippen molar-refractivity contribution in [1.29, 1.82) is 0 Å². The second-order valence-electron chi connectivity index (χ2n) is 6.14. The van der Waals surface area contributed by atoms with Gasteiger partial charge in [-0.3, -0.25) is 9.52 Å². The van der Waals surface area contributed by atoms with Gasteiger partial charge in [-0.25, -0.2) is 8.42 Å². The van der Waals surface area contributed by atoms with Gasteiger partial charge in [-0.15, -0.1) is 0 Å². The molecule has 1 heterocycles. The van der Waals surface area contributed by atoms with Gasteiger partial charge in [0.2, 0.25) is 5.91 Å². The van der Waals surface area contributed by atoms with E-state index in [1.165, 1.54) is 37.1 Å². The number of halogens is 1. The Morgan fingerprint density at radius 3 is 2.70 bits per heavy atom. The maximum atomic E-state index is 12.9. The second-order valence-corrected chi connectivity index (χ2v) is 8.26. The predicted octanol–water partition coefficient (Wildman–Crippen LogP) is 3.28. The lowest BCUT2D eigenvalue weighted by molar-refractivity contribution is -0.117. The first-order valence-electron chi connectivity index (χ1n) is 8.16. The van der Waals surface area contributed by atoms with Gasteiger partial charge >= 0.3 is 0 Å². The standard InChI is InChI=1S/C18H19ClN2O5S/c1-11-10-21(12(2)22)16-9-14(5-7-18(16)26-11)27(23,24)20-15-8-13(19)4-6-17(15)25-3/h4-9,11,20H,10H2,1-3H3. The summed E-state index contributed by atoms with van der Waals surface area (Å²) >= 11 is 5.96. The minimum atomic E-state index is -3.94. The molecular weight excluding hydrogens is 392 g/mol. The van der Waals surface area contributed by atoms with Gasteiger partial charge in [-0.05, 0) is 43.3 Å². The highest BCUT2D eigenvalue weighted by molar-refractivity contribution is 7.92. The van der Waals surface area contributed by atoms with Gasteiger partial charge in [-0.1, -0.05) is 11.6 Å². The highest BCUT2D eigenvalue weighted by atomic mass is 35.5. The van der Waals surface area contributed by atoms with Crippen molar-refractivity contribution in [3.63, 3.8) is 0 Å². The van der Waals surface area contributed by atoms with Crippen molar-refractivity contribution in [2.45, 2.75) is 24.8 Å². The van der Waals surface area contributed by atoms with Crippen LogP contribution in [0, 0.1) is 0 Å². The number of benzene rings is 2. The zero-order chi connectivity index (χ0) is 19.8. The maximum Gasteiger partial charge on any atom is 0.262 e. The Kier molecular flexibility index (Phi) is 5.21. The van der Waals surface area contributed by atoms with Crippen molar-refractivity contribution in [1.82, 2.24) is 0 Å². The largest absolute Gasteiger partial charge is 0.495 e. The van der Waals surface area contributed by atoms with Crippen LogP contribution in [0.4, 0.5) is 11.4 Å². The molecule has 2 aromatic carbocycles. The van der Waals surface area contributed by atoms with Crippen molar-refractivity contribution in [2.75, 3.05) is 23.3 Å². The van der Waals surface area contributed by atoms with Gasteiger partial charge in [0, 0.05) is 11.9 Å². The number of sulfonamides is 1. The number of carbonyl (C=O) groups excluding carboxylic acids is 1. The molecule has 144 valence electrons. The number of hydrogen-bond acceptors (Lipinski definition) is 5. The van der Waals surface area contributed by atoms with Crippen molar-refractivity contribution in [2.24, 2.45) is 0 Å². The summed E-state index contributed by atoms with van der Waals surface area (Å²) in [5.41, 5.74) is 0.637. The second kappa shape index (κ2) is 7.28. The minimum Gasteiger partial charge on any atom is -0.495 e. The monoisotopic (exact) mass is 410 g/mol. The number of anilines is 2. The van der Waals surface area contributed by atoms with E-state index < -0.39 is 10.0 Å². The highest BCUT2D eigenvalue weighted by Crippen LogP contribution is 2.36. The number of nitrogens with zero attached hydrogens (tertiary/aromatic N) is 1. The molecule has 0 spiro atoms. The van der Waals surface area contributed by atoms with E-state index in [4.69, 9.17) is 21.1 Å². The molecule has 1 amide bonds. The first-order chi connectivity index (χ1) is 12.7. The van der Waals surface area contributed by atoms with Crippen LogP contribution in [-0.4, -0.2) is 34.1 Å². The molecule has 0 fully saturated rings. The predicted molar refractivity (Wildman–Crippen MR) is 103 cm³/mol. The molecule has 0 bridgehead atoms. The molecule has 9 heteroatoms. The summed E-state index contributed by atoms with van der Waals surface area (Å²) in [5.74, 6) is 0.608. The van der Waals surface area contributed by atoms with Gasteiger partial charge in [0.25, 0.3) is 10.0 Å². The average Bonchev–Trinajstić information content (AvgIpc) is 2.60. The van der Waals surface area contributed by atoms with Crippen LogP contribution in [0.5, 0.6) is 11.5 Å². The van der Waals surface area contributed by atoms with Gasteiger partial charge in [0.1, 0.15) is 17.6 Å². The molecular formula is C18H19ClN2O5S. The van der Waals surface area contributed by atoms with Crippen LogP contribution in [-0.2, 0) is 14.8 Å². The van der Waals surface area contributed by atoms with E-state index in [0.29, 0.717) is 28.8 Å². The summed E-state index contributed by atoms with van der Waals surface area (Å²) in [6.45, 7) is 3.62. The zero-order valence-corrected chi connectivity index (χ0v) is 16.6. The topological polar surface area (TPSA) is 84.9 Å². The third-order valence-electron chi connectivity index (χ3n) is 4.09. The third-order valence-corrected chi connectivity index (χ3v) is 5.68.